The van der Waals surface area contributed by atoms with Crippen LogP contribution < -0.4 is 9.64 Å². The van der Waals surface area contributed by atoms with Gasteiger partial charge in [-0.2, -0.15) is 0 Å². The van der Waals surface area contributed by atoms with E-state index in [1.54, 1.807) is 36.5 Å². The Labute approximate surface area is 144 Å². The monoisotopic (exact) mass is 336 g/mol. The molecule has 3 aromatic rings. The number of nitrogens with zero attached hydrogens (tertiary/aromatic N) is 4. The van der Waals surface area contributed by atoms with Gasteiger partial charge in [0.2, 0.25) is 17.7 Å². The lowest BCUT2D eigenvalue weighted by Gasteiger charge is -2.18. The number of hydrogen-bond donors (Lipinski definition) is 0. The maximum Gasteiger partial charge on any atom is 0.247 e. The van der Waals surface area contributed by atoms with Gasteiger partial charge in [0.05, 0.1) is 18.7 Å². The first kappa shape index (κ1) is 15.3. The lowest BCUT2D eigenvalue weighted by molar-refractivity contribution is -0.117. The third-order valence-electron chi connectivity index (χ3n) is 4.22. The van der Waals surface area contributed by atoms with Crippen molar-refractivity contribution in [2.75, 3.05) is 18.6 Å². The third kappa shape index (κ3) is 2.84. The van der Waals surface area contributed by atoms with Crippen LogP contribution in [0.1, 0.15) is 18.2 Å². The number of para-hydroxylation sites is 2. The summed E-state index contributed by atoms with van der Waals surface area (Å²) in [5.74, 6) is 1.44. The molecule has 7 heteroatoms. The predicted molar refractivity (Wildman–Crippen MR) is 90.2 cm³/mol. The molecule has 1 unspecified atom stereocenters. The first-order valence-electron chi connectivity index (χ1n) is 7.93. The van der Waals surface area contributed by atoms with E-state index < -0.39 is 0 Å². The van der Waals surface area contributed by atoms with Crippen LogP contribution in [0.25, 0.3) is 11.5 Å². The van der Waals surface area contributed by atoms with Crippen molar-refractivity contribution in [3.63, 3.8) is 0 Å². The number of aromatic nitrogens is 3. The molecule has 0 spiro atoms. The molecule has 0 aliphatic carbocycles. The zero-order valence-corrected chi connectivity index (χ0v) is 13.6. The van der Waals surface area contributed by atoms with Gasteiger partial charge in [-0.05, 0) is 24.3 Å². The summed E-state index contributed by atoms with van der Waals surface area (Å²) in [6.45, 7) is 0.483. The molecule has 0 saturated carbocycles. The van der Waals surface area contributed by atoms with Gasteiger partial charge in [0.25, 0.3) is 0 Å². The predicted octanol–water partition coefficient (Wildman–Crippen LogP) is 2.66. The number of anilines is 1. The molecular formula is C18H16N4O3. The van der Waals surface area contributed by atoms with Gasteiger partial charge in [-0.15, -0.1) is 10.2 Å². The number of ether oxygens (including phenoxy) is 1. The summed E-state index contributed by atoms with van der Waals surface area (Å²) in [5.41, 5.74) is 1.56. The Morgan fingerprint density at radius 3 is 2.76 bits per heavy atom. The van der Waals surface area contributed by atoms with Crippen LogP contribution in [0.5, 0.6) is 5.75 Å². The molecule has 0 radical (unpaired) electrons. The van der Waals surface area contributed by atoms with E-state index in [0.29, 0.717) is 30.5 Å². The Kier molecular flexibility index (Phi) is 3.89. The Morgan fingerprint density at radius 1 is 1.16 bits per heavy atom. The number of benzene rings is 1. The zero-order chi connectivity index (χ0) is 17.2. The number of carbonyl (C=O) groups excluding carboxylic acids is 1. The molecule has 0 N–H and O–H groups in total. The fourth-order valence-corrected chi connectivity index (χ4v) is 2.97. The van der Waals surface area contributed by atoms with Crippen LogP contribution in [0.4, 0.5) is 5.69 Å². The van der Waals surface area contributed by atoms with E-state index in [1.807, 2.05) is 24.3 Å². The largest absolute Gasteiger partial charge is 0.495 e. The molecule has 4 rings (SSSR count). The summed E-state index contributed by atoms with van der Waals surface area (Å²) in [7, 11) is 1.59. The van der Waals surface area contributed by atoms with Crippen molar-refractivity contribution in [1.82, 2.24) is 15.2 Å². The van der Waals surface area contributed by atoms with Crippen molar-refractivity contribution in [3.05, 3.63) is 54.7 Å². The maximum atomic E-state index is 12.5. The molecule has 1 fully saturated rings. The SMILES string of the molecule is COc1ccccc1N1CC(c2nnc(-c3ccncc3)o2)CC1=O. The van der Waals surface area contributed by atoms with Gasteiger partial charge in [-0.25, -0.2) is 0 Å². The number of methoxy groups -OCH3 is 1. The van der Waals surface area contributed by atoms with Crippen LogP contribution in [0.2, 0.25) is 0 Å². The summed E-state index contributed by atoms with van der Waals surface area (Å²) in [5, 5.41) is 8.22. The van der Waals surface area contributed by atoms with E-state index in [2.05, 4.69) is 15.2 Å². The molecule has 0 bridgehead atoms. The van der Waals surface area contributed by atoms with Crippen molar-refractivity contribution in [1.29, 1.82) is 0 Å². The highest BCUT2D eigenvalue weighted by molar-refractivity contribution is 5.97. The van der Waals surface area contributed by atoms with Crippen LogP contribution in [0.3, 0.4) is 0 Å². The van der Waals surface area contributed by atoms with Gasteiger partial charge in [-0.1, -0.05) is 12.1 Å². The van der Waals surface area contributed by atoms with E-state index in [9.17, 15) is 4.79 Å². The van der Waals surface area contributed by atoms with Crippen LogP contribution in [-0.4, -0.2) is 34.7 Å². The van der Waals surface area contributed by atoms with Gasteiger partial charge in [0, 0.05) is 30.9 Å². The van der Waals surface area contributed by atoms with E-state index >= 15 is 0 Å². The maximum absolute atomic E-state index is 12.5. The minimum absolute atomic E-state index is 0.0122. The zero-order valence-electron chi connectivity index (χ0n) is 13.6. The molecule has 1 aromatic carbocycles. The minimum Gasteiger partial charge on any atom is -0.495 e. The summed E-state index contributed by atoms with van der Waals surface area (Å²) in [6.07, 6.45) is 3.67. The molecule has 1 atom stereocenters. The molecule has 3 heterocycles. The highest BCUT2D eigenvalue weighted by Crippen LogP contribution is 2.36. The number of rotatable bonds is 4. The smallest absolute Gasteiger partial charge is 0.247 e. The normalized spacial score (nSPS) is 17.1. The van der Waals surface area contributed by atoms with E-state index in [-0.39, 0.29) is 11.8 Å². The lowest BCUT2D eigenvalue weighted by atomic mass is 10.1. The highest BCUT2D eigenvalue weighted by Gasteiger charge is 2.36. The molecule has 1 aliphatic rings. The van der Waals surface area contributed by atoms with E-state index in [4.69, 9.17) is 9.15 Å². The van der Waals surface area contributed by atoms with Gasteiger partial charge < -0.3 is 14.1 Å². The molecule has 1 amide bonds. The van der Waals surface area contributed by atoms with E-state index in [1.165, 1.54) is 0 Å². The molecule has 2 aromatic heterocycles. The first-order valence-corrected chi connectivity index (χ1v) is 7.93. The van der Waals surface area contributed by atoms with Gasteiger partial charge in [-0.3, -0.25) is 9.78 Å². The van der Waals surface area contributed by atoms with Crippen LogP contribution in [0.15, 0.2) is 53.2 Å². The number of carbonyl (C=O) groups is 1. The summed E-state index contributed by atoms with van der Waals surface area (Å²) in [6, 6.07) is 11.1. The summed E-state index contributed by atoms with van der Waals surface area (Å²) in [4.78, 5) is 18.2. The minimum atomic E-state index is -0.138. The van der Waals surface area contributed by atoms with Crippen LogP contribution in [-0.2, 0) is 4.79 Å². The van der Waals surface area contributed by atoms with Gasteiger partial charge in [0.15, 0.2) is 0 Å². The van der Waals surface area contributed by atoms with Crippen molar-refractivity contribution in [2.24, 2.45) is 0 Å². The molecular weight excluding hydrogens is 320 g/mol. The van der Waals surface area contributed by atoms with Gasteiger partial charge in [0.1, 0.15) is 5.75 Å². The highest BCUT2D eigenvalue weighted by atomic mass is 16.5. The van der Waals surface area contributed by atoms with Crippen molar-refractivity contribution >= 4 is 11.6 Å². The van der Waals surface area contributed by atoms with Crippen LogP contribution >= 0.6 is 0 Å². The second kappa shape index (κ2) is 6.35. The molecule has 7 nitrogen and oxygen atoms in total. The van der Waals surface area contributed by atoms with Gasteiger partial charge >= 0.3 is 0 Å². The van der Waals surface area contributed by atoms with Crippen molar-refractivity contribution in [3.8, 4) is 17.2 Å². The Bertz CT molecular complexity index is 894. The quantitative estimate of drug-likeness (QED) is 0.728. The Hall–Kier alpha value is -3.22. The average molecular weight is 336 g/mol. The topological polar surface area (TPSA) is 81.3 Å². The number of hydrogen-bond acceptors (Lipinski definition) is 6. The lowest BCUT2D eigenvalue weighted by Crippen LogP contribution is -2.24. The molecule has 1 saturated heterocycles. The standard InChI is InChI=1S/C18H16N4O3/c1-24-15-5-3-2-4-14(15)22-11-13(10-16(22)23)18-21-20-17(25-18)12-6-8-19-9-7-12/h2-9,13H,10-11H2,1H3. The third-order valence-corrected chi connectivity index (χ3v) is 4.22. The summed E-state index contributed by atoms with van der Waals surface area (Å²) < 4.78 is 11.1. The molecule has 25 heavy (non-hydrogen) atoms. The summed E-state index contributed by atoms with van der Waals surface area (Å²) >= 11 is 0. The number of pyridine rings is 1. The molecule has 1 aliphatic heterocycles. The fraction of sp³-hybridized carbons (Fsp3) is 0.222. The van der Waals surface area contributed by atoms with Crippen LogP contribution in [0, 0.1) is 0 Å². The van der Waals surface area contributed by atoms with Crippen molar-refractivity contribution < 1.29 is 13.9 Å². The Morgan fingerprint density at radius 2 is 1.96 bits per heavy atom. The first-order chi connectivity index (χ1) is 12.3. The second-order valence-corrected chi connectivity index (χ2v) is 5.76. The average Bonchev–Trinajstić information content (AvgIpc) is 3.29. The number of amides is 1. The molecule has 126 valence electrons. The van der Waals surface area contributed by atoms with E-state index in [0.717, 1.165) is 11.3 Å². The Balaban J connectivity index is 1.58. The van der Waals surface area contributed by atoms with Crippen molar-refractivity contribution in [2.45, 2.75) is 12.3 Å². The second-order valence-electron chi connectivity index (χ2n) is 5.76. The fourth-order valence-electron chi connectivity index (χ4n) is 2.97.